The van der Waals surface area contributed by atoms with Gasteiger partial charge in [0.25, 0.3) is 0 Å². The number of rotatable bonds is 4. The summed E-state index contributed by atoms with van der Waals surface area (Å²) in [6.07, 6.45) is 3.60. The molecule has 0 aliphatic carbocycles. The molecule has 1 heterocycles. The van der Waals surface area contributed by atoms with E-state index in [1.54, 1.807) is 18.0 Å². The quantitative estimate of drug-likeness (QED) is 0.500. The van der Waals surface area contributed by atoms with E-state index in [1.807, 2.05) is 13.2 Å². The maximum atomic E-state index is 4.07. The average molecular weight is 157 g/mol. The maximum absolute atomic E-state index is 4.07. The smallest absolute Gasteiger partial charge is 0.165 e. The molecular formula is C6H11N3S. The highest BCUT2D eigenvalue weighted by molar-refractivity contribution is 7.99. The Bertz CT molecular complexity index is 162. The SMILES string of the molecule is CNCCSc1ncc[nH]1. The van der Waals surface area contributed by atoms with Gasteiger partial charge in [-0.2, -0.15) is 0 Å². The van der Waals surface area contributed by atoms with E-state index in [2.05, 4.69) is 15.3 Å². The lowest BCUT2D eigenvalue weighted by Gasteiger charge is -1.94. The number of hydrogen-bond donors (Lipinski definition) is 2. The second-order valence-corrected chi connectivity index (χ2v) is 2.93. The molecule has 0 spiro atoms. The van der Waals surface area contributed by atoms with Crippen molar-refractivity contribution < 1.29 is 0 Å². The minimum atomic E-state index is 0.996. The van der Waals surface area contributed by atoms with E-state index in [0.717, 1.165) is 17.5 Å². The molecule has 0 aliphatic rings. The van der Waals surface area contributed by atoms with E-state index in [1.165, 1.54) is 0 Å². The zero-order valence-corrected chi connectivity index (χ0v) is 6.74. The van der Waals surface area contributed by atoms with Crippen LogP contribution in [0.25, 0.3) is 0 Å². The number of H-pyrrole nitrogens is 1. The lowest BCUT2D eigenvalue weighted by molar-refractivity contribution is 0.869. The first-order valence-electron chi connectivity index (χ1n) is 3.20. The molecule has 0 radical (unpaired) electrons. The molecule has 3 nitrogen and oxygen atoms in total. The molecule has 0 atom stereocenters. The largest absolute Gasteiger partial charge is 0.340 e. The Kier molecular flexibility index (Phi) is 3.32. The standard InChI is InChI=1S/C6H11N3S/c1-7-4-5-10-6-8-2-3-9-6/h2-3,7H,4-5H2,1H3,(H,8,9). The molecule has 1 rings (SSSR count). The van der Waals surface area contributed by atoms with E-state index in [9.17, 15) is 0 Å². The van der Waals surface area contributed by atoms with Crippen LogP contribution in [0.1, 0.15) is 0 Å². The van der Waals surface area contributed by atoms with Crippen molar-refractivity contribution in [3.63, 3.8) is 0 Å². The number of hydrogen-bond acceptors (Lipinski definition) is 3. The highest BCUT2D eigenvalue weighted by atomic mass is 32.2. The summed E-state index contributed by atoms with van der Waals surface area (Å²) < 4.78 is 0. The summed E-state index contributed by atoms with van der Waals surface area (Å²) in [5.41, 5.74) is 0. The summed E-state index contributed by atoms with van der Waals surface area (Å²) in [5, 5.41) is 4.06. The average Bonchev–Trinajstić information content (AvgIpc) is 2.41. The third-order valence-electron chi connectivity index (χ3n) is 1.06. The Labute approximate surface area is 64.6 Å². The van der Waals surface area contributed by atoms with E-state index in [0.29, 0.717) is 0 Å². The van der Waals surface area contributed by atoms with Crippen LogP contribution in [-0.2, 0) is 0 Å². The molecule has 0 aromatic carbocycles. The molecule has 1 aromatic rings. The van der Waals surface area contributed by atoms with Crippen molar-refractivity contribution in [1.29, 1.82) is 0 Å². The fourth-order valence-corrected chi connectivity index (χ4v) is 1.37. The van der Waals surface area contributed by atoms with Crippen LogP contribution in [0.3, 0.4) is 0 Å². The third kappa shape index (κ3) is 2.41. The maximum Gasteiger partial charge on any atom is 0.165 e. The van der Waals surface area contributed by atoms with Crippen molar-refractivity contribution in [3.05, 3.63) is 12.4 Å². The summed E-state index contributed by atoms with van der Waals surface area (Å²) in [6, 6.07) is 0. The predicted molar refractivity (Wildman–Crippen MR) is 43.2 cm³/mol. The molecule has 56 valence electrons. The van der Waals surface area contributed by atoms with Crippen LogP contribution in [0.4, 0.5) is 0 Å². The number of aromatic amines is 1. The van der Waals surface area contributed by atoms with Gasteiger partial charge in [-0.05, 0) is 7.05 Å². The summed E-state index contributed by atoms with van der Waals surface area (Å²) in [5.74, 6) is 1.06. The minimum absolute atomic E-state index is 0.996. The lowest BCUT2D eigenvalue weighted by atomic mass is 10.8. The van der Waals surface area contributed by atoms with Gasteiger partial charge in [0.2, 0.25) is 0 Å². The molecule has 0 saturated heterocycles. The summed E-state index contributed by atoms with van der Waals surface area (Å²) in [6.45, 7) is 1.02. The Morgan fingerprint density at radius 3 is 3.30 bits per heavy atom. The van der Waals surface area contributed by atoms with E-state index in [-0.39, 0.29) is 0 Å². The number of thioether (sulfide) groups is 1. The van der Waals surface area contributed by atoms with Crippen molar-refractivity contribution in [3.8, 4) is 0 Å². The third-order valence-corrected chi connectivity index (χ3v) is 1.97. The first-order chi connectivity index (χ1) is 4.93. The molecular weight excluding hydrogens is 146 g/mol. The van der Waals surface area contributed by atoms with Crippen molar-refractivity contribution in [2.75, 3.05) is 19.3 Å². The highest BCUT2D eigenvalue weighted by Crippen LogP contribution is 2.09. The van der Waals surface area contributed by atoms with Crippen LogP contribution >= 0.6 is 11.8 Å². The molecule has 0 saturated carbocycles. The number of imidazole rings is 1. The van der Waals surface area contributed by atoms with Crippen LogP contribution in [0, 0.1) is 0 Å². The number of nitrogens with zero attached hydrogens (tertiary/aromatic N) is 1. The molecule has 10 heavy (non-hydrogen) atoms. The van der Waals surface area contributed by atoms with Crippen LogP contribution in [-0.4, -0.2) is 29.3 Å². The number of aromatic nitrogens is 2. The van der Waals surface area contributed by atoms with Crippen LogP contribution < -0.4 is 5.32 Å². The van der Waals surface area contributed by atoms with Gasteiger partial charge in [0.1, 0.15) is 0 Å². The van der Waals surface area contributed by atoms with Gasteiger partial charge >= 0.3 is 0 Å². The zero-order chi connectivity index (χ0) is 7.23. The fraction of sp³-hybridized carbons (Fsp3) is 0.500. The van der Waals surface area contributed by atoms with Crippen molar-refractivity contribution in [1.82, 2.24) is 15.3 Å². The molecule has 4 heteroatoms. The molecule has 0 fully saturated rings. The second-order valence-electron chi connectivity index (χ2n) is 1.85. The second kappa shape index (κ2) is 4.35. The number of nitrogens with one attached hydrogen (secondary N) is 2. The van der Waals surface area contributed by atoms with Gasteiger partial charge in [0.05, 0.1) is 0 Å². The Morgan fingerprint density at radius 2 is 2.70 bits per heavy atom. The predicted octanol–water partition coefficient (Wildman–Crippen LogP) is 0.721. The normalized spacial score (nSPS) is 10.1. The monoisotopic (exact) mass is 157 g/mol. The van der Waals surface area contributed by atoms with Gasteiger partial charge in [-0.15, -0.1) is 0 Å². The highest BCUT2D eigenvalue weighted by Gasteiger charge is 1.92. The Balaban J connectivity index is 2.15. The van der Waals surface area contributed by atoms with Gasteiger partial charge < -0.3 is 10.3 Å². The fourth-order valence-electron chi connectivity index (χ4n) is 0.579. The van der Waals surface area contributed by atoms with Crippen LogP contribution in [0.2, 0.25) is 0 Å². The zero-order valence-electron chi connectivity index (χ0n) is 5.92. The van der Waals surface area contributed by atoms with Crippen molar-refractivity contribution in [2.45, 2.75) is 5.16 Å². The minimum Gasteiger partial charge on any atom is -0.340 e. The summed E-state index contributed by atoms with van der Waals surface area (Å²) in [4.78, 5) is 7.09. The van der Waals surface area contributed by atoms with Crippen LogP contribution in [0.5, 0.6) is 0 Å². The first-order valence-corrected chi connectivity index (χ1v) is 4.19. The van der Waals surface area contributed by atoms with Crippen LogP contribution in [0.15, 0.2) is 17.6 Å². The summed E-state index contributed by atoms with van der Waals surface area (Å²) >= 11 is 1.72. The van der Waals surface area contributed by atoms with Crippen molar-refractivity contribution in [2.24, 2.45) is 0 Å². The molecule has 0 unspecified atom stereocenters. The Hall–Kier alpha value is -0.480. The first kappa shape index (κ1) is 7.63. The molecule has 0 bridgehead atoms. The van der Waals surface area contributed by atoms with Gasteiger partial charge in [-0.3, -0.25) is 0 Å². The molecule has 2 N–H and O–H groups in total. The lowest BCUT2D eigenvalue weighted by Crippen LogP contribution is -2.09. The Morgan fingerprint density at radius 1 is 1.80 bits per heavy atom. The van der Waals surface area contributed by atoms with E-state index in [4.69, 9.17) is 0 Å². The van der Waals surface area contributed by atoms with Crippen molar-refractivity contribution >= 4 is 11.8 Å². The van der Waals surface area contributed by atoms with Gasteiger partial charge in [0, 0.05) is 24.7 Å². The topological polar surface area (TPSA) is 40.7 Å². The molecule has 0 amide bonds. The van der Waals surface area contributed by atoms with Gasteiger partial charge in [-0.25, -0.2) is 4.98 Å². The molecule has 1 aromatic heterocycles. The van der Waals surface area contributed by atoms with E-state index < -0.39 is 0 Å². The van der Waals surface area contributed by atoms with E-state index >= 15 is 0 Å². The van der Waals surface area contributed by atoms with Gasteiger partial charge in [0.15, 0.2) is 5.16 Å². The van der Waals surface area contributed by atoms with Gasteiger partial charge in [-0.1, -0.05) is 11.8 Å². The molecule has 0 aliphatic heterocycles. The summed E-state index contributed by atoms with van der Waals surface area (Å²) in [7, 11) is 1.95.